The second-order valence-electron chi connectivity index (χ2n) is 10.9. The average Bonchev–Trinajstić information content (AvgIpc) is 2.78. The van der Waals surface area contributed by atoms with E-state index in [1.54, 1.807) is 25.7 Å². The fourth-order valence-electron chi connectivity index (χ4n) is 4.51. The zero-order valence-electron chi connectivity index (χ0n) is 22.5. The van der Waals surface area contributed by atoms with E-state index in [1.165, 1.54) is 4.90 Å². The van der Waals surface area contributed by atoms with Gasteiger partial charge in [0.1, 0.15) is 5.60 Å². The lowest BCUT2D eigenvalue weighted by Crippen LogP contribution is -2.57. The molecule has 1 saturated heterocycles. The lowest BCUT2D eigenvalue weighted by molar-refractivity contribution is -0.156. The summed E-state index contributed by atoms with van der Waals surface area (Å²) in [6, 6.07) is 6.00. The van der Waals surface area contributed by atoms with Gasteiger partial charge in [-0.15, -0.1) is 0 Å². The van der Waals surface area contributed by atoms with Gasteiger partial charge >= 0.3 is 18.3 Å². The molecule has 5 nitrogen and oxygen atoms in total. The summed E-state index contributed by atoms with van der Waals surface area (Å²) in [6.45, 7) is 9.36. The Labute approximate surface area is 223 Å². The zero-order chi connectivity index (χ0) is 29.3. The molecule has 1 aliphatic rings. The molecule has 0 aromatic heterocycles. The summed E-state index contributed by atoms with van der Waals surface area (Å²) < 4.78 is 85.9. The second kappa shape index (κ2) is 11.2. The molecule has 0 bridgehead atoms. The van der Waals surface area contributed by atoms with Crippen LogP contribution in [0.5, 0.6) is 0 Å². The zero-order valence-corrected chi connectivity index (χ0v) is 22.5. The Morgan fingerprint density at radius 3 is 1.97 bits per heavy atom. The Balaban J connectivity index is 1.95. The van der Waals surface area contributed by atoms with Crippen LogP contribution in [0.3, 0.4) is 0 Å². The number of nitrogens with zero attached hydrogens (tertiary/aromatic N) is 2. The maximum Gasteiger partial charge on any atom is 0.416 e. The van der Waals surface area contributed by atoms with E-state index in [9.17, 15) is 35.9 Å². The van der Waals surface area contributed by atoms with Crippen LogP contribution in [0, 0.1) is 13.8 Å². The number of amides is 1. The summed E-state index contributed by atoms with van der Waals surface area (Å²) in [7, 11) is 0. The number of halogens is 6. The van der Waals surface area contributed by atoms with Crippen LogP contribution in [-0.4, -0.2) is 59.5 Å². The van der Waals surface area contributed by atoms with Crippen LogP contribution in [-0.2, 0) is 28.3 Å². The first kappa shape index (κ1) is 30.5. The van der Waals surface area contributed by atoms with E-state index in [0.29, 0.717) is 18.6 Å². The number of carbonyl (C=O) groups excluding carboxylic acids is 2. The van der Waals surface area contributed by atoms with E-state index >= 15 is 0 Å². The first-order valence-corrected chi connectivity index (χ1v) is 12.4. The third kappa shape index (κ3) is 8.20. The summed E-state index contributed by atoms with van der Waals surface area (Å²) >= 11 is 0. The summed E-state index contributed by atoms with van der Waals surface area (Å²) in [5.41, 5.74) is -1.59. The van der Waals surface area contributed by atoms with Gasteiger partial charge in [0.05, 0.1) is 17.7 Å². The average molecular weight is 559 g/mol. The van der Waals surface area contributed by atoms with Gasteiger partial charge < -0.3 is 9.64 Å². The van der Waals surface area contributed by atoms with E-state index in [1.807, 2.05) is 32.0 Å². The van der Waals surface area contributed by atoms with Gasteiger partial charge in [0.25, 0.3) is 5.91 Å². The molecule has 0 aliphatic carbocycles. The Morgan fingerprint density at radius 1 is 0.872 bits per heavy atom. The molecule has 0 spiro atoms. The van der Waals surface area contributed by atoms with Crippen LogP contribution in [0.2, 0.25) is 0 Å². The van der Waals surface area contributed by atoms with E-state index in [2.05, 4.69) is 0 Å². The maximum atomic E-state index is 13.5. The number of benzene rings is 2. The Hall–Kier alpha value is -3.08. The van der Waals surface area contributed by atoms with E-state index < -0.39 is 52.6 Å². The predicted molar refractivity (Wildman–Crippen MR) is 133 cm³/mol. The fourth-order valence-corrected chi connectivity index (χ4v) is 4.51. The largest absolute Gasteiger partial charge is 0.459 e. The van der Waals surface area contributed by atoms with E-state index in [0.717, 1.165) is 16.7 Å². The minimum Gasteiger partial charge on any atom is -0.459 e. The number of alkyl halides is 6. The summed E-state index contributed by atoms with van der Waals surface area (Å²) in [4.78, 5) is 29.0. The van der Waals surface area contributed by atoms with Crippen LogP contribution < -0.4 is 0 Å². The lowest BCUT2D eigenvalue weighted by atomic mass is 9.97. The summed E-state index contributed by atoms with van der Waals surface area (Å²) in [6.07, 6.45) is -9.84. The molecule has 1 amide bonds. The van der Waals surface area contributed by atoms with Gasteiger partial charge in [-0.3, -0.25) is 14.5 Å². The minimum absolute atomic E-state index is 0.00210. The molecule has 1 atom stereocenters. The molecule has 0 saturated carbocycles. The monoisotopic (exact) mass is 558 g/mol. The third-order valence-corrected chi connectivity index (χ3v) is 6.48. The number of esters is 1. The normalized spacial score (nSPS) is 17.3. The van der Waals surface area contributed by atoms with Gasteiger partial charge in [0, 0.05) is 31.2 Å². The van der Waals surface area contributed by atoms with Gasteiger partial charge in [-0.2, -0.15) is 26.3 Å². The number of carbonyl (C=O) groups is 2. The van der Waals surface area contributed by atoms with Crippen LogP contribution in [0.1, 0.15) is 58.9 Å². The first-order chi connectivity index (χ1) is 17.8. The SMILES string of the molecule is Cc1ccc(C[C@@H]2CN(CC(=O)OC(C)(C)C)CCN2C(=O)c2cc(C(F)(F)F)cc(C(F)(F)F)c2)cc1C. The van der Waals surface area contributed by atoms with Crippen molar-refractivity contribution in [2.24, 2.45) is 0 Å². The number of aryl methyl sites for hydroxylation is 2. The van der Waals surface area contributed by atoms with Crippen molar-refractivity contribution in [2.75, 3.05) is 26.2 Å². The van der Waals surface area contributed by atoms with Gasteiger partial charge in [-0.1, -0.05) is 18.2 Å². The number of piperazine rings is 1. The topological polar surface area (TPSA) is 49.9 Å². The highest BCUT2D eigenvalue weighted by atomic mass is 19.4. The minimum atomic E-state index is -5.07. The predicted octanol–water partition coefficient (Wildman–Crippen LogP) is 6.05. The molecular weight excluding hydrogens is 526 g/mol. The fraction of sp³-hybridized carbons (Fsp3) is 0.500. The first-order valence-electron chi connectivity index (χ1n) is 12.4. The van der Waals surface area contributed by atoms with Gasteiger partial charge in [-0.25, -0.2) is 0 Å². The van der Waals surface area contributed by atoms with Crippen LogP contribution in [0.25, 0.3) is 0 Å². The van der Waals surface area contributed by atoms with Gasteiger partial charge in [0.15, 0.2) is 0 Å². The van der Waals surface area contributed by atoms with Crippen molar-refractivity contribution in [2.45, 2.75) is 65.0 Å². The van der Waals surface area contributed by atoms with Crippen molar-refractivity contribution in [1.29, 1.82) is 0 Å². The van der Waals surface area contributed by atoms with E-state index in [4.69, 9.17) is 4.74 Å². The van der Waals surface area contributed by atoms with Crippen molar-refractivity contribution in [3.05, 3.63) is 69.8 Å². The maximum absolute atomic E-state index is 13.5. The van der Waals surface area contributed by atoms with Crippen LogP contribution >= 0.6 is 0 Å². The molecule has 0 N–H and O–H groups in total. The number of hydrogen-bond acceptors (Lipinski definition) is 4. The van der Waals surface area contributed by atoms with Crippen molar-refractivity contribution in [1.82, 2.24) is 9.80 Å². The van der Waals surface area contributed by atoms with Crippen LogP contribution in [0.15, 0.2) is 36.4 Å². The highest BCUT2D eigenvalue weighted by Crippen LogP contribution is 2.37. The van der Waals surface area contributed by atoms with Crippen molar-refractivity contribution in [3.63, 3.8) is 0 Å². The second-order valence-corrected chi connectivity index (χ2v) is 10.9. The number of rotatable bonds is 5. The molecule has 0 radical (unpaired) electrons. The highest BCUT2D eigenvalue weighted by molar-refractivity contribution is 5.95. The number of ether oxygens (including phenoxy) is 1. The van der Waals surface area contributed by atoms with E-state index in [-0.39, 0.29) is 32.2 Å². The van der Waals surface area contributed by atoms with Crippen LogP contribution in [0.4, 0.5) is 26.3 Å². The van der Waals surface area contributed by atoms with Crippen molar-refractivity contribution < 1.29 is 40.7 Å². The molecule has 214 valence electrons. The molecular formula is C28H32F6N2O3. The smallest absolute Gasteiger partial charge is 0.416 e. The van der Waals surface area contributed by atoms with Crippen molar-refractivity contribution >= 4 is 11.9 Å². The Morgan fingerprint density at radius 2 is 1.46 bits per heavy atom. The highest BCUT2D eigenvalue weighted by Gasteiger charge is 2.39. The molecule has 2 aromatic carbocycles. The molecule has 39 heavy (non-hydrogen) atoms. The number of hydrogen-bond donors (Lipinski definition) is 0. The molecule has 3 rings (SSSR count). The molecule has 1 fully saturated rings. The summed E-state index contributed by atoms with van der Waals surface area (Å²) in [5.74, 6) is -1.41. The lowest BCUT2D eigenvalue weighted by Gasteiger charge is -2.41. The van der Waals surface area contributed by atoms with Crippen molar-refractivity contribution in [3.8, 4) is 0 Å². The molecule has 1 heterocycles. The quantitative estimate of drug-likeness (QED) is 0.331. The van der Waals surface area contributed by atoms with Gasteiger partial charge in [-0.05, 0) is 75.9 Å². The standard InChI is InChI=1S/C28H32F6N2O3/c1-17-6-7-19(10-18(17)2)11-23-15-35(16-24(37)39-26(3,4)5)8-9-36(23)25(38)20-12-21(27(29,30)31)14-22(13-20)28(32,33)34/h6-7,10,12-14,23H,8-9,11,15-16H2,1-5H3/t23-/m1/s1. The Kier molecular flexibility index (Phi) is 8.74. The molecule has 2 aromatic rings. The van der Waals surface area contributed by atoms with Gasteiger partial charge in [0.2, 0.25) is 0 Å². The third-order valence-electron chi connectivity index (χ3n) is 6.48. The molecule has 0 unspecified atom stereocenters. The molecule has 11 heteroatoms. The Bertz CT molecular complexity index is 1180. The summed E-state index contributed by atoms with van der Waals surface area (Å²) in [5, 5.41) is 0. The molecule has 1 aliphatic heterocycles.